The molecule has 118 valence electrons. The van der Waals surface area contributed by atoms with Gasteiger partial charge in [0.2, 0.25) is 0 Å². The minimum atomic E-state index is 0.349. The molecule has 1 N–H and O–H groups in total. The van der Waals surface area contributed by atoms with E-state index in [4.69, 9.17) is 0 Å². The van der Waals surface area contributed by atoms with Crippen molar-refractivity contribution in [3.05, 3.63) is 10.0 Å². The summed E-state index contributed by atoms with van der Waals surface area (Å²) in [4.78, 5) is 0. The highest BCUT2D eigenvalue weighted by Gasteiger charge is 2.34. The van der Waals surface area contributed by atoms with Gasteiger partial charge in [-0.05, 0) is 51.0 Å². The fraction of sp³-hybridized carbons (Fsp3) is 0.882. The highest BCUT2D eigenvalue weighted by Crippen LogP contribution is 2.46. The average molecular weight is 308 g/mol. The lowest BCUT2D eigenvalue weighted by Crippen LogP contribution is -2.26. The lowest BCUT2D eigenvalue weighted by atomic mass is 9.68. The van der Waals surface area contributed by atoms with Gasteiger partial charge in [0, 0.05) is 5.92 Å². The van der Waals surface area contributed by atoms with Crippen molar-refractivity contribution in [3.63, 3.8) is 0 Å². The summed E-state index contributed by atoms with van der Waals surface area (Å²) in [5.41, 5.74) is 0. The van der Waals surface area contributed by atoms with Crippen molar-refractivity contribution in [2.45, 2.75) is 77.2 Å². The van der Waals surface area contributed by atoms with Crippen molar-refractivity contribution in [3.8, 4) is 0 Å². The molecule has 2 aliphatic rings. The first kappa shape index (κ1) is 15.4. The lowest BCUT2D eigenvalue weighted by Gasteiger charge is -2.38. The van der Waals surface area contributed by atoms with Crippen molar-refractivity contribution in [2.75, 3.05) is 6.54 Å². The molecule has 0 saturated heterocycles. The van der Waals surface area contributed by atoms with E-state index in [9.17, 15) is 0 Å². The normalized spacial score (nSPS) is 30.9. The third-order valence-electron chi connectivity index (χ3n) is 5.42. The number of nitrogens with one attached hydrogen (secondary N) is 1. The highest BCUT2D eigenvalue weighted by atomic mass is 32.1. The number of hydrogen-bond donors (Lipinski definition) is 1. The fourth-order valence-corrected chi connectivity index (χ4v) is 5.15. The van der Waals surface area contributed by atoms with Crippen LogP contribution in [0.5, 0.6) is 0 Å². The largest absolute Gasteiger partial charge is 0.308 e. The Morgan fingerprint density at radius 1 is 1.14 bits per heavy atom. The summed E-state index contributed by atoms with van der Waals surface area (Å²) in [5.74, 6) is 2.68. The number of fused-ring (bicyclic) bond motifs is 1. The van der Waals surface area contributed by atoms with Gasteiger partial charge in [-0.25, -0.2) is 0 Å². The smallest absolute Gasteiger partial charge is 0.134 e. The SMILES string of the molecule is CCCNC(C)c1nnc(C2CCC3CCCCC3C2)s1. The zero-order valence-corrected chi connectivity index (χ0v) is 14.3. The van der Waals surface area contributed by atoms with Gasteiger partial charge in [0.1, 0.15) is 10.0 Å². The van der Waals surface area contributed by atoms with Crippen LogP contribution < -0.4 is 5.32 Å². The van der Waals surface area contributed by atoms with Crippen molar-refractivity contribution in [1.29, 1.82) is 0 Å². The first-order chi connectivity index (χ1) is 10.3. The topological polar surface area (TPSA) is 37.8 Å². The van der Waals surface area contributed by atoms with Crippen LogP contribution in [0.15, 0.2) is 0 Å². The molecule has 4 heteroatoms. The van der Waals surface area contributed by atoms with E-state index < -0.39 is 0 Å². The Hall–Kier alpha value is -0.480. The van der Waals surface area contributed by atoms with E-state index in [1.165, 1.54) is 61.4 Å². The van der Waals surface area contributed by atoms with Crippen LogP contribution in [0.1, 0.15) is 87.2 Å². The standard InChI is InChI=1S/C17H29N3S/c1-3-10-18-12(2)16-19-20-17(21-16)15-9-8-13-6-4-5-7-14(13)11-15/h12-15,18H,3-11H2,1-2H3. The molecule has 1 aromatic heterocycles. The maximum absolute atomic E-state index is 4.54. The third kappa shape index (κ3) is 3.65. The Bertz CT molecular complexity index is 445. The summed E-state index contributed by atoms with van der Waals surface area (Å²) in [6.07, 6.45) is 11.2. The second-order valence-corrected chi connectivity index (χ2v) is 8.01. The Balaban J connectivity index is 1.60. The number of rotatable bonds is 5. The molecule has 0 amide bonds. The minimum Gasteiger partial charge on any atom is -0.308 e. The molecular formula is C17H29N3S. The van der Waals surface area contributed by atoms with Crippen LogP contribution in [0, 0.1) is 11.8 Å². The molecule has 0 aromatic carbocycles. The Kier molecular flexibility index (Phi) is 5.28. The number of nitrogens with zero attached hydrogens (tertiary/aromatic N) is 2. The van der Waals surface area contributed by atoms with Crippen LogP contribution in [0.3, 0.4) is 0 Å². The van der Waals surface area contributed by atoms with Crippen LogP contribution in [0.4, 0.5) is 0 Å². The van der Waals surface area contributed by atoms with Gasteiger partial charge in [-0.1, -0.05) is 43.9 Å². The third-order valence-corrected chi connectivity index (χ3v) is 6.68. The Labute approximate surface area is 132 Å². The summed E-state index contributed by atoms with van der Waals surface area (Å²) in [6, 6.07) is 0.349. The maximum Gasteiger partial charge on any atom is 0.134 e. The van der Waals surface area contributed by atoms with E-state index in [2.05, 4.69) is 29.4 Å². The van der Waals surface area contributed by atoms with Crippen molar-refractivity contribution in [2.24, 2.45) is 11.8 Å². The fourth-order valence-electron chi connectivity index (χ4n) is 4.13. The summed E-state index contributed by atoms with van der Waals surface area (Å²) < 4.78 is 0. The van der Waals surface area contributed by atoms with E-state index >= 15 is 0 Å². The molecule has 1 aromatic rings. The zero-order valence-electron chi connectivity index (χ0n) is 13.5. The molecule has 4 unspecified atom stereocenters. The first-order valence-corrected chi connectivity index (χ1v) is 9.66. The van der Waals surface area contributed by atoms with Crippen molar-refractivity contribution in [1.82, 2.24) is 15.5 Å². The number of aromatic nitrogens is 2. The van der Waals surface area contributed by atoms with Crippen molar-refractivity contribution < 1.29 is 0 Å². The van der Waals surface area contributed by atoms with E-state index in [0.717, 1.165) is 18.4 Å². The van der Waals surface area contributed by atoms with Gasteiger partial charge in [0.25, 0.3) is 0 Å². The summed E-state index contributed by atoms with van der Waals surface area (Å²) >= 11 is 1.85. The second-order valence-electron chi connectivity index (χ2n) is 6.97. The Morgan fingerprint density at radius 3 is 2.76 bits per heavy atom. The molecule has 0 radical (unpaired) electrons. The van der Waals surface area contributed by atoms with Crippen LogP contribution in [0.25, 0.3) is 0 Å². The molecule has 0 aliphatic heterocycles. The Morgan fingerprint density at radius 2 is 1.95 bits per heavy atom. The van der Waals surface area contributed by atoms with Gasteiger partial charge >= 0.3 is 0 Å². The van der Waals surface area contributed by atoms with Gasteiger partial charge in [0.15, 0.2) is 0 Å². The molecule has 3 nitrogen and oxygen atoms in total. The predicted octanol–water partition coefficient (Wildman–Crippen LogP) is 4.67. The molecule has 1 heterocycles. The van der Waals surface area contributed by atoms with Crippen LogP contribution in [-0.4, -0.2) is 16.7 Å². The maximum atomic E-state index is 4.54. The van der Waals surface area contributed by atoms with E-state index in [-0.39, 0.29) is 0 Å². The van der Waals surface area contributed by atoms with Gasteiger partial charge in [-0.3, -0.25) is 0 Å². The molecule has 3 rings (SSSR count). The summed E-state index contributed by atoms with van der Waals surface area (Å²) in [6.45, 7) is 5.47. The average Bonchev–Trinajstić information content (AvgIpc) is 3.02. The molecule has 0 spiro atoms. The second kappa shape index (κ2) is 7.19. The monoisotopic (exact) mass is 307 g/mol. The molecule has 2 fully saturated rings. The molecule has 0 bridgehead atoms. The van der Waals surface area contributed by atoms with E-state index in [0.29, 0.717) is 12.0 Å². The van der Waals surface area contributed by atoms with Crippen LogP contribution >= 0.6 is 11.3 Å². The lowest BCUT2D eigenvalue weighted by molar-refractivity contribution is 0.155. The quantitative estimate of drug-likeness (QED) is 0.859. The summed E-state index contributed by atoms with van der Waals surface area (Å²) in [7, 11) is 0. The van der Waals surface area contributed by atoms with Gasteiger partial charge < -0.3 is 5.32 Å². The highest BCUT2D eigenvalue weighted by molar-refractivity contribution is 7.11. The molecular weight excluding hydrogens is 278 g/mol. The van der Waals surface area contributed by atoms with E-state index in [1.54, 1.807) is 0 Å². The zero-order chi connectivity index (χ0) is 14.7. The summed E-state index contributed by atoms with van der Waals surface area (Å²) in [5, 5.41) is 15.0. The van der Waals surface area contributed by atoms with Gasteiger partial charge in [0.05, 0.1) is 6.04 Å². The van der Waals surface area contributed by atoms with Crippen LogP contribution in [-0.2, 0) is 0 Å². The van der Waals surface area contributed by atoms with Gasteiger partial charge in [-0.15, -0.1) is 10.2 Å². The predicted molar refractivity (Wildman–Crippen MR) is 88.7 cm³/mol. The van der Waals surface area contributed by atoms with Crippen LogP contribution in [0.2, 0.25) is 0 Å². The molecule has 4 atom stereocenters. The van der Waals surface area contributed by atoms with Crippen molar-refractivity contribution >= 4 is 11.3 Å². The van der Waals surface area contributed by atoms with E-state index in [1.807, 2.05) is 11.3 Å². The number of hydrogen-bond acceptors (Lipinski definition) is 4. The molecule has 21 heavy (non-hydrogen) atoms. The minimum absolute atomic E-state index is 0.349. The van der Waals surface area contributed by atoms with Gasteiger partial charge in [-0.2, -0.15) is 0 Å². The molecule has 2 aliphatic carbocycles. The molecule has 2 saturated carbocycles. The first-order valence-electron chi connectivity index (χ1n) is 8.84.